The normalized spacial score (nSPS) is 32.4. The zero-order valence-electron chi connectivity index (χ0n) is 11.4. The molecule has 0 spiro atoms. The molecule has 4 nitrogen and oxygen atoms in total. The minimum atomic E-state index is 0.0880. The topological polar surface area (TPSA) is 55.6 Å². The lowest BCUT2D eigenvalue weighted by Gasteiger charge is -2.37. The predicted molar refractivity (Wildman–Crippen MR) is 71.2 cm³/mol. The third-order valence-corrected chi connectivity index (χ3v) is 4.35. The SMILES string of the molecule is CC1CCC(N(CC2CCCO2)C(=O)CN)CC1. The molecule has 1 unspecified atom stereocenters. The summed E-state index contributed by atoms with van der Waals surface area (Å²) in [6, 6.07) is 0.390. The van der Waals surface area contributed by atoms with Crippen molar-refractivity contribution in [3.8, 4) is 0 Å². The summed E-state index contributed by atoms with van der Waals surface area (Å²) in [7, 11) is 0. The van der Waals surface area contributed by atoms with Crippen LogP contribution in [0.25, 0.3) is 0 Å². The summed E-state index contributed by atoms with van der Waals surface area (Å²) in [6.07, 6.45) is 7.14. The van der Waals surface area contributed by atoms with Gasteiger partial charge in [0.1, 0.15) is 0 Å². The molecule has 0 aromatic rings. The zero-order chi connectivity index (χ0) is 13.0. The van der Waals surface area contributed by atoms with Crippen LogP contribution in [0, 0.1) is 5.92 Å². The summed E-state index contributed by atoms with van der Waals surface area (Å²) < 4.78 is 5.66. The van der Waals surface area contributed by atoms with Crippen LogP contribution in [0.2, 0.25) is 0 Å². The maximum Gasteiger partial charge on any atom is 0.236 e. The highest BCUT2D eigenvalue weighted by molar-refractivity contribution is 5.78. The van der Waals surface area contributed by atoms with Crippen LogP contribution >= 0.6 is 0 Å². The van der Waals surface area contributed by atoms with Crippen molar-refractivity contribution in [2.24, 2.45) is 11.7 Å². The van der Waals surface area contributed by atoms with Crippen LogP contribution in [0.5, 0.6) is 0 Å². The monoisotopic (exact) mass is 254 g/mol. The minimum Gasteiger partial charge on any atom is -0.376 e. The van der Waals surface area contributed by atoms with Gasteiger partial charge in [-0.2, -0.15) is 0 Å². The fourth-order valence-electron chi connectivity index (χ4n) is 3.13. The second-order valence-electron chi connectivity index (χ2n) is 5.80. The van der Waals surface area contributed by atoms with E-state index in [0.29, 0.717) is 6.04 Å². The second kappa shape index (κ2) is 6.53. The average Bonchev–Trinajstić information content (AvgIpc) is 2.89. The molecule has 1 saturated heterocycles. The Balaban J connectivity index is 1.93. The lowest BCUT2D eigenvalue weighted by atomic mass is 9.86. The Kier molecular flexibility index (Phi) is 5.01. The standard InChI is InChI=1S/C14H26N2O2/c1-11-4-6-12(7-5-11)16(14(17)9-15)10-13-3-2-8-18-13/h11-13H,2-10,15H2,1H3. The number of hydrogen-bond donors (Lipinski definition) is 1. The van der Waals surface area contributed by atoms with Gasteiger partial charge >= 0.3 is 0 Å². The summed E-state index contributed by atoms with van der Waals surface area (Å²) in [5.74, 6) is 0.892. The highest BCUT2D eigenvalue weighted by Gasteiger charge is 2.29. The Labute approximate surface area is 110 Å². The van der Waals surface area contributed by atoms with Gasteiger partial charge in [-0.15, -0.1) is 0 Å². The highest BCUT2D eigenvalue weighted by Crippen LogP contribution is 2.28. The van der Waals surface area contributed by atoms with Crippen molar-refractivity contribution >= 4 is 5.91 Å². The van der Waals surface area contributed by atoms with Crippen LogP contribution in [-0.2, 0) is 9.53 Å². The Morgan fingerprint density at radius 3 is 2.56 bits per heavy atom. The van der Waals surface area contributed by atoms with Gasteiger partial charge in [0.25, 0.3) is 0 Å². The molecule has 0 radical (unpaired) electrons. The van der Waals surface area contributed by atoms with Gasteiger partial charge in [0.15, 0.2) is 0 Å². The lowest BCUT2D eigenvalue weighted by molar-refractivity contribution is -0.134. The van der Waals surface area contributed by atoms with Gasteiger partial charge in [0.05, 0.1) is 12.6 Å². The van der Waals surface area contributed by atoms with Crippen LogP contribution in [-0.4, -0.2) is 42.6 Å². The molecular weight excluding hydrogens is 228 g/mol. The van der Waals surface area contributed by atoms with E-state index in [9.17, 15) is 4.79 Å². The highest BCUT2D eigenvalue weighted by atomic mass is 16.5. The van der Waals surface area contributed by atoms with E-state index in [4.69, 9.17) is 10.5 Å². The van der Waals surface area contributed by atoms with Gasteiger partial charge in [-0.25, -0.2) is 0 Å². The van der Waals surface area contributed by atoms with E-state index in [-0.39, 0.29) is 18.6 Å². The van der Waals surface area contributed by atoms with Gasteiger partial charge in [-0.1, -0.05) is 6.92 Å². The fourth-order valence-corrected chi connectivity index (χ4v) is 3.13. The lowest BCUT2D eigenvalue weighted by Crippen LogP contribution is -2.48. The molecule has 1 amide bonds. The molecule has 0 aromatic carbocycles. The smallest absolute Gasteiger partial charge is 0.236 e. The van der Waals surface area contributed by atoms with Crippen molar-refractivity contribution in [3.05, 3.63) is 0 Å². The molecule has 4 heteroatoms. The molecule has 1 aliphatic heterocycles. The summed E-state index contributed by atoms with van der Waals surface area (Å²) in [4.78, 5) is 14.0. The van der Waals surface area contributed by atoms with Crippen molar-refractivity contribution < 1.29 is 9.53 Å². The Morgan fingerprint density at radius 1 is 1.28 bits per heavy atom. The molecule has 2 rings (SSSR count). The van der Waals surface area contributed by atoms with E-state index < -0.39 is 0 Å². The van der Waals surface area contributed by atoms with Crippen LogP contribution in [0.3, 0.4) is 0 Å². The van der Waals surface area contributed by atoms with Gasteiger partial charge in [0, 0.05) is 19.2 Å². The average molecular weight is 254 g/mol. The molecule has 1 atom stereocenters. The maximum absolute atomic E-state index is 12.0. The molecule has 104 valence electrons. The Morgan fingerprint density at radius 2 is 2.00 bits per heavy atom. The third kappa shape index (κ3) is 3.45. The second-order valence-corrected chi connectivity index (χ2v) is 5.80. The molecule has 1 aliphatic carbocycles. The third-order valence-electron chi connectivity index (χ3n) is 4.35. The summed E-state index contributed by atoms with van der Waals surface area (Å²) in [5, 5.41) is 0. The van der Waals surface area contributed by atoms with Gasteiger partial charge < -0.3 is 15.4 Å². The number of amides is 1. The van der Waals surface area contributed by atoms with E-state index in [2.05, 4.69) is 6.92 Å². The van der Waals surface area contributed by atoms with E-state index in [1.165, 1.54) is 12.8 Å². The van der Waals surface area contributed by atoms with E-state index >= 15 is 0 Å². The van der Waals surface area contributed by atoms with Crippen molar-refractivity contribution in [2.45, 2.75) is 57.6 Å². The molecule has 18 heavy (non-hydrogen) atoms. The quantitative estimate of drug-likeness (QED) is 0.828. The molecule has 1 saturated carbocycles. The van der Waals surface area contributed by atoms with Gasteiger partial charge in [-0.3, -0.25) is 4.79 Å². The Bertz CT molecular complexity index is 269. The van der Waals surface area contributed by atoms with E-state index in [1.807, 2.05) is 4.90 Å². The van der Waals surface area contributed by atoms with E-state index in [1.54, 1.807) is 0 Å². The summed E-state index contributed by atoms with van der Waals surface area (Å²) in [6.45, 7) is 4.01. The first-order valence-electron chi connectivity index (χ1n) is 7.32. The van der Waals surface area contributed by atoms with Crippen LogP contribution in [0.15, 0.2) is 0 Å². The number of nitrogens with zero attached hydrogens (tertiary/aromatic N) is 1. The van der Waals surface area contributed by atoms with Crippen molar-refractivity contribution in [2.75, 3.05) is 19.7 Å². The molecule has 2 aliphatic rings. The minimum absolute atomic E-state index is 0.0880. The van der Waals surface area contributed by atoms with Gasteiger partial charge in [0.2, 0.25) is 5.91 Å². The molecule has 0 aromatic heterocycles. The van der Waals surface area contributed by atoms with Crippen molar-refractivity contribution in [1.82, 2.24) is 4.90 Å². The number of carbonyl (C=O) groups is 1. The largest absolute Gasteiger partial charge is 0.376 e. The number of hydrogen-bond acceptors (Lipinski definition) is 3. The van der Waals surface area contributed by atoms with E-state index in [0.717, 1.165) is 44.8 Å². The van der Waals surface area contributed by atoms with Crippen molar-refractivity contribution in [1.29, 1.82) is 0 Å². The number of rotatable bonds is 4. The molecule has 1 heterocycles. The fraction of sp³-hybridized carbons (Fsp3) is 0.929. The number of nitrogens with two attached hydrogens (primary N) is 1. The first-order valence-corrected chi connectivity index (χ1v) is 7.32. The molecule has 2 fully saturated rings. The zero-order valence-corrected chi connectivity index (χ0v) is 11.4. The van der Waals surface area contributed by atoms with Crippen LogP contribution < -0.4 is 5.73 Å². The molecule has 0 bridgehead atoms. The van der Waals surface area contributed by atoms with Gasteiger partial charge in [-0.05, 0) is 44.4 Å². The first-order chi connectivity index (χ1) is 8.70. The molecule has 2 N–H and O–H groups in total. The number of carbonyl (C=O) groups excluding carboxylic acids is 1. The summed E-state index contributed by atoms with van der Waals surface area (Å²) >= 11 is 0. The Hall–Kier alpha value is -0.610. The maximum atomic E-state index is 12.0. The summed E-state index contributed by atoms with van der Waals surface area (Å²) in [5.41, 5.74) is 5.55. The predicted octanol–water partition coefficient (Wildman–Crippen LogP) is 1.53. The van der Waals surface area contributed by atoms with Crippen molar-refractivity contribution in [3.63, 3.8) is 0 Å². The first kappa shape index (κ1) is 13.8. The van der Waals surface area contributed by atoms with Crippen LogP contribution in [0.4, 0.5) is 0 Å². The number of ether oxygens (including phenoxy) is 1. The molecular formula is C14H26N2O2. The van der Waals surface area contributed by atoms with Crippen LogP contribution in [0.1, 0.15) is 45.4 Å².